The maximum absolute atomic E-state index is 13.3. The van der Waals surface area contributed by atoms with E-state index >= 15 is 0 Å². The van der Waals surface area contributed by atoms with Crippen molar-refractivity contribution in [3.63, 3.8) is 0 Å². The molecule has 1 N–H and O–H groups in total. The van der Waals surface area contributed by atoms with Crippen LogP contribution in [0.2, 0.25) is 10.0 Å². The van der Waals surface area contributed by atoms with Gasteiger partial charge in [-0.05, 0) is 80.1 Å². The Kier molecular flexibility index (Phi) is 7.98. The van der Waals surface area contributed by atoms with Gasteiger partial charge in [0.1, 0.15) is 11.6 Å². The van der Waals surface area contributed by atoms with E-state index in [1.807, 2.05) is 12.1 Å². The van der Waals surface area contributed by atoms with E-state index in [-0.39, 0.29) is 5.56 Å². The Bertz CT molecular complexity index is 876. The Hall–Kier alpha value is -1.82. The van der Waals surface area contributed by atoms with Gasteiger partial charge in [-0.15, -0.1) is 0 Å². The number of hydrogen-bond donors (Lipinski definition) is 1. The summed E-state index contributed by atoms with van der Waals surface area (Å²) in [5, 5.41) is 10.2. The first kappa shape index (κ1) is 22.9. The highest BCUT2D eigenvalue weighted by Gasteiger charge is 2.29. The average Bonchev–Trinajstić information content (AvgIpc) is 3.53. The van der Waals surface area contributed by atoms with Crippen LogP contribution in [0.25, 0.3) is 0 Å². The molecule has 1 aliphatic carbocycles. The number of hydrogen-bond acceptors (Lipinski definition) is 3. The van der Waals surface area contributed by atoms with Crippen molar-refractivity contribution in [2.24, 2.45) is 0 Å². The van der Waals surface area contributed by atoms with Crippen LogP contribution in [0.1, 0.15) is 59.5 Å². The molecule has 2 aromatic carbocycles. The third-order valence-electron chi connectivity index (χ3n) is 5.34. The van der Waals surface area contributed by atoms with E-state index < -0.39 is 11.8 Å². The number of benzene rings is 2. The normalized spacial score (nSPS) is 16.5. The Morgan fingerprint density at radius 2 is 1.73 bits per heavy atom. The van der Waals surface area contributed by atoms with Crippen molar-refractivity contribution in [2.45, 2.75) is 44.6 Å². The fraction of sp³-hybridized carbons (Fsp3) is 0.435. The zero-order valence-corrected chi connectivity index (χ0v) is 18.5. The molecule has 4 rings (SSSR count). The molecule has 1 heterocycles. The molecule has 0 amide bonds. The molecular formula is C23H26Cl2FNO3. The van der Waals surface area contributed by atoms with E-state index in [0.717, 1.165) is 41.1 Å². The zero-order chi connectivity index (χ0) is 21.7. The molecule has 2 fully saturated rings. The number of nitrogens with zero attached hydrogens (tertiary/aromatic N) is 1. The van der Waals surface area contributed by atoms with Crippen LogP contribution in [0.4, 0.5) is 4.39 Å². The van der Waals surface area contributed by atoms with Gasteiger partial charge in [-0.3, -0.25) is 4.90 Å². The fourth-order valence-corrected chi connectivity index (χ4v) is 4.27. The Morgan fingerprint density at radius 3 is 2.27 bits per heavy atom. The van der Waals surface area contributed by atoms with Crippen molar-refractivity contribution < 1.29 is 19.0 Å². The number of rotatable bonds is 5. The third kappa shape index (κ3) is 6.34. The molecular weight excluding hydrogens is 428 g/mol. The average molecular weight is 454 g/mol. The second-order valence-electron chi connectivity index (χ2n) is 7.77. The standard InChI is InChI=1S/C12H15Cl2N.C11H11FO3/c13-11-6-10(7-12(14)8-11)9-15-4-2-1-3-5-15;1-15-10-5-9(12)8(11(13)14)4-7(10)6-2-3-6/h6-8H,1-5,9H2;4-6H,2-3H2,1H3,(H,13,14). The van der Waals surface area contributed by atoms with Gasteiger partial charge in [0.2, 0.25) is 0 Å². The molecule has 0 bridgehead atoms. The summed E-state index contributed by atoms with van der Waals surface area (Å²) in [4.78, 5) is 13.2. The number of halogens is 3. The molecule has 0 spiro atoms. The van der Waals surface area contributed by atoms with E-state index in [9.17, 15) is 9.18 Å². The van der Waals surface area contributed by atoms with Crippen LogP contribution in [-0.4, -0.2) is 36.2 Å². The van der Waals surface area contributed by atoms with Crippen LogP contribution in [0.3, 0.4) is 0 Å². The molecule has 1 saturated carbocycles. The summed E-state index contributed by atoms with van der Waals surface area (Å²) < 4.78 is 18.3. The van der Waals surface area contributed by atoms with Crippen LogP contribution in [0, 0.1) is 5.82 Å². The van der Waals surface area contributed by atoms with Crippen molar-refractivity contribution >= 4 is 29.2 Å². The summed E-state index contributed by atoms with van der Waals surface area (Å²) in [7, 11) is 1.46. The molecule has 0 aromatic heterocycles. The predicted molar refractivity (Wildman–Crippen MR) is 117 cm³/mol. The van der Waals surface area contributed by atoms with Crippen molar-refractivity contribution in [3.05, 3.63) is 62.9 Å². The van der Waals surface area contributed by atoms with Crippen molar-refractivity contribution in [3.8, 4) is 5.75 Å². The minimum absolute atomic E-state index is 0.280. The highest BCUT2D eigenvalue weighted by atomic mass is 35.5. The number of ether oxygens (including phenoxy) is 1. The van der Waals surface area contributed by atoms with Gasteiger partial charge in [0.25, 0.3) is 0 Å². The molecule has 0 atom stereocenters. The second kappa shape index (κ2) is 10.5. The summed E-state index contributed by atoms with van der Waals surface area (Å²) in [6.45, 7) is 3.37. The van der Waals surface area contributed by atoms with Crippen LogP contribution in [0.5, 0.6) is 5.75 Å². The molecule has 0 radical (unpaired) electrons. The van der Waals surface area contributed by atoms with Crippen molar-refractivity contribution in [1.29, 1.82) is 0 Å². The van der Waals surface area contributed by atoms with E-state index in [1.54, 1.807) is 6.07 Å². The summed E-state index contributed by atoms with van der Waals surface area (Å²) in [6.07, 6.45) is 6.03. The lowest BCUT2D eigenvalue weighted by molar-refractivity contribution is 0.0691. The van der Waals surface area contributed by atoms with Gasteiger partial charge >= 0.3 is 5.97 Å². The summed E-state index contributed by atoms with van der Waals surface area (Å²) in [5.41, 5.74) is 1.74. The van der Waals surface area contributed by atoms with Gasteiger partial charge in [0.15, 0.2) is 0 Å². The van der Waals surface area contributed by atoms with E-state index in [4.69, 9.17) is 33.0 Å². The zero-order valence-electron chi connectivity index (χ0n) is 17.0. The molecule has 162 valence electrons. The lowest BCUT2D eigenvalue weighted by Crippen LogP contribution is -2.29. The lowest BCUT2D eigenvalue weighted by atomic mass is 10.1. The number of carboxylic acid groups (broad SMARTS) is 1. The summed E-state index contributed by atoms with van der Waals surface area (Å²) >= 11 is 11.9. The van der Waals surface area contributed by atoms with Crippen LogP contribution in [-0.2, 0) is 6.54 Å². The van der Waals surface area contributed by atoms with Crippen LogP contribution < -0.4 is 4.74 Å². The van der Waals surface area contributed by atoms with E-state index in [0.29, 0.717) is 11.7 Å². The first-order valence-electron chi connectivity index (χ1n) is 10.2. The molecule has 7 heteroatoms. The molecule has 2 aliphatic rings. The first-order chi connectivity index (χ1) is 14.4. The van der Waals surface area contributed by atoms with Gasteiger partial charge in [-0.1, -0.05) is 29.6 Å². The molecule has 30 heavy (non-hydrogen) atoms. The van der Waals surface area contributed by atoms with E-state index in [1.165, 1.54) is 51.1 Å². The topological polar surface area (TPSA) is 49.8 Å². The Morgan fingerprint density at radius 1 is 1.10 bits per heavy atom. The number of likely N-dealkylation sites (tertiary alicyclic amines) is 1. The number of carbonyl (C=O) groups is 1. The van der Waals surface area contributed by atoms with Gasteiger partial charge in [-0.25, -0.2) is 9.18 Å². The molecule has 1 saturated heterocycles. The van der Waals surface area contributed by atoms with Gasteiger partial charge < -0.3 is 9.84 Å². The second-order valence-corrected chi connectivity index (χ2v) is 8.64. The number of aromatic carboxylic acids is 1. The molecule has 4 nitrogen and oxygen atoms in total. The Balaban J connectivity index is 0.000000171. The summed E-state index contributed by atoms with van der Waals surface area (Å²) in [6, 6.07) is 8.32. The Labute approximate surface area is 186 Å². The highest BCUT2D eigenvalue weighted by molar-refractivity contribution is 6.34. The van der Waals surface area contributed by atoms with Gasteiger partial charge in [0.05, 0.1) is 12.7 Å². The smallest absolute Gasteiger partial charge is 0.338 e. The third-order valence-corrected chi connectivity index (χ3v) is 5.78. The number of piperidine rings is 1. The fourth-order valence-electron chi connectivity index (χ4n) is 3.70. The minimum atomic E-state index is -1.24. The largest absolute Gasteiger partial charge is 0.496 e. The van der Waals surface area contributed by atoms with Gasteiger partial charge in [-0.2, -0.15) is 0 Å². The monoisotopic (exact) mass is 453 g/mol. The van der Waals surface area contributed by atoms with Gasteiger partial charge in [0, 0.05) is 22.7 Å². The van der Waals surface area contributed by atoms with Crippen molar-refractivity contribution in [2.75, 3.05) is 20.2 Å². The number of carboxylic acids is 1. The molecule has 2 aromatic rings. The maximum atomic E-state index is 13.3. The quantitative estimate of drug-likeness (QED) is 0.569. The SMILES string of the molecule is COc1cc(F)c(C(=O)O)cc1C1CC1.Clc1cc(Cl)cc(CN2CCCCC2)c1. The van der Waals surface area contributed by atoms with Crippen LogP contribution >= 0.6 is 23.2 Å². The predicted octanol–water partition coefficient (Wildman–Crippen LogP) is 6.39. The van der Waals surface area contributed by atoms with E-state index in [2.05, 4.69) is 4.90 Å². The van der Waals surface area contributed by atoms with Crippen LogP contribution in [0.15, 0.2) is 30.3 Å². The maximum Gasteiger partial charge on any atom is 0.338 e. The van der Waals surface area contributed by atoms with Crippen molar-refractivity contribution in [1.82, 2.24) is 4.90 Å². The molecule has 0 unspecified atom stereocenters. The minimum Gasteiger partial charge on any atom is -0.496 e. The number of methoxy groups -OCH3 is 1. The first-order valence-corrected chi connectivity index (χ1v) is 10.9. The highest BCUT2D eigenvalue weighted by Crippen LogP contribution is 2.45. The lowest BCUT2D eigenvalue weighted by Gasteiger charge is -2.26. The summed E-state index contributed by atoms with van der Waals surface area (Å²) in [5.74, 6) is -1.21. The molecule has 1 aliphatic heterocycles.